The maximum Gasteiger partial charge on any atom is 0.255 e. The molecule has 0 bridgehead atoms. The highest BCUT2D eigenvalue weighted by molar-refractivity contribution is 9.10. The Morgan fingerprint density at radius 3 is 2.74 bits per heavy atom. The minimum atomic E-state index is -0.580. The highest BCUT2D eigenvalue weighted by Crippen LogP contribution is 2.18. The van der Waals surface area contributed by atoms with E-state index in [0.717, 1.165) is 6.07 Å². The van der Waals surface area contributed by atoms with Gasteiger partial charge in [-0.05, 0) is 46.3 Å². The molecule has 1 amide bonds. The number of anilines is 1. The molecule has 2 rings (SSSR count). The zero-order chi connectivity index (χ0) is 13.8. The molecule has 0 unspecified atom stereocenters. The summed E-state index contributed by atoms with van der Waals surface area (Å²) in [6.45, 7) is 0. The molecule has 4 nitrogen and oxygen atoms in total. The Labute approximate surface area is 117 Å². The van der Waals surface area contributed by atoms with Gasteiger partial charge in [0, 0.05) is 5.56 Å². The molecule has 0 saturated heterocycles. The van der Waals surface area contributed by atoms with Crippen LogP contribution in [0.1, 0.15) is 10.4 Å². The van der Waals surface area contributed by atoms with Crippen molar-refractivity contribution in [2.45, 2.75) is 0 Å². The fraction of sp³-hybridized carbons (Fsp3) is 0.0769. The van der Waals surface area contributed by atoms with Crippen LogP contribution in [0.4, 0.5) is 10.1 Å². The molecule has 1 N–H and O–H groups in total. The number of carbonyl (C=O) groups excluding carboxylic acids is 1. The van der Waals surface area contributed by atoms with Gasteiger partial charge in [-0.15, -0.1) is 0 Å². The summed E-state index contributed by atoms with van der Waals surface area (Å²) in [6, 6.07) is 7.41. The topological polar surface area (TPSA) is 51.2 Å². The quantitative estimate of drug-likeness (QED) is 0.882. The third-order valence-electron chi connectivity index (χ3n) is 2.40. The van der Waals surface area contributed by atoms with Gasteiger partial charge >= 0.3 is 0 Å². The Bertz CT molecular complexity index is 602. The molecule has 0 aliphatic carbocycles. The van der Waals surface area contributed by atoms with Crippen molar-refractivity contribution in [3.63, 3.8) is 0 Å². The Morgan fingerprint density at radius 1 is 1.37 bits per heavy atom. The van der Waals surface area contributed by atoms with Gasteiger partial charge in [0.2, 0.25) is 0 Å². The van der Waals surface area contributed by atoms with Crippen LogP contribution in [0.2, 0.25) is 0 Å². The number of nitrogens with zero attached hydrogens (tertiary/aromatic N) is 1. The molecule has 1 aromatic carbocycles. The van der Waals surface area contributed by atoms with Crippen LogP contribution < -0.4 is 10.1 Å². The molecule has 98 valence electrons. The van der Waals surface area contributed by atoms with Crippen molar-refractivity contribution in [1.82, 2.24) is 4.98 Å². The van der Waals surface area contributed by atoms with Gasteiger partial charge in [0.05, 0.1) is 19.0 Å². The third kappa shape index (κ3) is 3.29. The molecule has 0 spiro atoms. The van der Waals surface area contributed by atoms with E-state index in [2.05, 4.69) is 26.2 Å². The summed E-state index contributed by atoms with van der Waals surface area (Å²) in [5.41, 5.74) is 0.741. The monoisotopic (exact) mass is 324 g/mol. The van der Waals surface area contributed by atoms with E-state index in [1.807, 2.05) is 0 Å². The van der Waals surface area contributed by atoms with E-state index in [0.29, 0.717) is 10.3 Å². The van der Waals surface area contributed by atoms with Crippen LogP contribution in [0.5, 0.6) is 5.75 Å². The number of carbonyl (C=O) groups is 1. The Kier molecular flexibility index (Phi) is 4.11. The van der Waals surface area contributed by atoms with Crippen molar-refractivity contribution in [3.8, 4) is 5.75 Å². The van der Waals surface area contributed by atoms with Gasteiger partial charge < -0.3 is 10.1 Å². The first-order valence-corrected chi connectivity index (χ1v) is 6.16. The van der Waals surface area contributed by atoms with Gasteiger partial charge in [-0.1, -0.05) is 0 Å². The van der Waals surface area contributed by atoms with Gasteiger partial charge in [0.25, 0.3) is 5.91 Å². The summed E-state index contributed by atoms with van der Waals surface area (Å²) < 4.78 is 18.9. The minimum absolute atomic E-state index is 0.0989. The van der Waals surface area contributed by atoms with Crippen LogP contribution in [0, 0.1) is 5.82 Å². The lowest BCUT2D eigenvalue weighted by Crippen LogP contribution is -2.12. The number of pyridine rings is 1. The van der Waals surface area contributed by atoms with Crippen LogP contribution in [0.25, 0.3) is 0 Å². The van der Waals surface area contributed by atoms with Crippen molar-refractivity contribution in [1.29, 1.82) is 0 Å². The van der Waals surface area contributed by atoms with Gasteiger partial charge in [-0.3, -0.25) is 4.79 Å². The summed E-state index contributed by atoms with van der Waals surface area (Å²) in [5.74, 6) is -0.892. The van der Waals surface area contributed by atoms with Crippen molar-refractivity contribution in [3.05, 3.63) is 52.5 Å². The van der Waals surface area contributed by atoms with Gasteiger partial charge in [-0.25, -0.2) is 9.37 Å². The van der Waals surface area contributed by atoms with Gasteiger partial charge in [0.1, 0.15) is 4.60 Å². The van der Waals surface area contributed by atoms with Gasteiger partial charge in [0.15, 0.2) is 11.6 Å². The fourth-order valence-electron chi connectivity index (χ4n) is 1.46. The lowest BCUT2D eigenvalue weighted by atomic mass is 10.2. The molecule has 0 aliphatic heterocycles. The minimum Gasteiger partial charge on any atom is -0.494 e. The van der Waals surface area contributed by atoms with Crippen LogP contribution in [0.15, 0.2) is 41.1 Å². The van der Waals surface area contributed by atoms with Crippen molar-refractivity contribution in [2.75, 3.05) is 12.4 Å². The zero-order valence-corrected chi connectivity index (χ0v) is 11.6. The molecule has 1 heterocycles. The van der Waals surface area contributed by atoms with E-state index in [4.69, 9.17) is 4.74 Å². The summed E-state index contributed by atoms with van der Waals surface area (Å²) in [4.78, 5) is 15.9. The zero-order valence-electron chi connectivity index (χ0n) is 9.98. The number of nitrogens with one attached hydrogen (secondary N) is 1. The second-order valence-electron chi connectivity index (χ2n) is 3.67. The van der Waals surface area contributed by atoms with E-state index in [-0.39, 0.29) is 11.3 Å². The molecule has 0 saturated carbocycles. The fourth-order valence-corrected chi connectivity index (χ4v) is 1.70. The van der Waals surface area contributed by atoms with Crippen molar-refractivity contribution < 1.29 is 13.9 Å². The highest BCUT2D eigenvalue weighted by Gasteiger charge is 2.10. The molecule has 0 atom stereocenters. The van der Waals surface area contributed by atoms with E-state index >= 15 is 0 Å². The number of amides is 1. The molecule has 0 fully saturated rings. The van der Waals surface area contributed by atoms with Crippen LogP contribution >= 0.6 is 15.9 Å². The molecule has 0 aliphatic rings. The Morgan fingerprint density at radius 2 is 2.16 bits per heavy atom. The van der Waals surface area contributed by atoms with Crippen molar-refractivity contribution >= 4 is 27.5 Å². The molecular weight excluding hydrogens is 315 g/mol. The predicted molar refractivity (Wildman–Crippen MR) is 72.8 cm³/mol. The van der Waals surface area contributed by atoms with Crippen LogP contribution in [-0.2, 0) is 0 Å². The largest absolute Gasteiger partial charge is 0.494 e. The molecular formula is C13H10BrFN2O2. The number of rotatable bonds is 3. The van der Waals surface area contributed by atoms with Crippen LogP contribution in [-0.4, -0.2) is 18.0 Å². The number of aromatic nitrogens is 1. The molecule has 1 aromatic heterocycles. The van der Waals surface area contributed by atoms with E-state index in [9.17, 15) is 9.18 Å². The smallest absolute Gasteiger partial charge is 0.255 e. The lowest BCUT2D eigenvalue weighted by molar-refractivity contribution is 0.102. The van der Waals surface area contributed by atoms with E-state index in [1.54, 1.807) is 12.1 Å². The Balaban J connectivity index is 2.16. The van der Waals surface area contributed by atoms with E-state index in [1.165, 1.54) is 25.4 Å². The number of methoxy groups -OCH3 is 1. The summed E-state index contributed by atoms with van der Waals surface area (Å²) in [5, 5.41) is 2.62. The molecule has 19 heavy (non-hydrogen) atoms. The first-order chi connectivity index (χ1) is 9.10. The van der Waals surface area contributed by atoms with E-state index < -0.39 is 11.7 Å². The summed E-state index contributed by atoms with van der Waals surface area (Å²) >= 11 is 3.19. The third-order valence-corrected chi connectivity index (χ3v) is 2.87. The van der Waals surface area contributed by atoms with Crippen LogP contribution in [0.3, 0.4) is 0 Å². The molecule has 2 aromatic rings. The average Bonchev–Trinajstić information content (AvgIpc) is 2.41. The summed E-state index contributed by atoms with van der Waals surface area (Å²) in [6.07, 6.45) is 1.50. The predicted octanol–water partition coefficient (Wildman–Crippen LogP) is 3.24. The maximum absolute atomic E-state index is 13.5. The SMILES string of the molecule is COc1ccc(C(=O)Nc2ccc(Br)nc2)cc1F. The highest BCUT2D eigenvalue weighted by atomic mass is 79.9. The summed E-state index contributed by atoms with van der Waals surface area (Å²) in [7, 11) is 1.37. The first-order valence-electron chi connectivity index (χ1n) is 5.36. The number of halogens is 2. The van der Waals surface area contributed by atoms with Gasteiger partial charge in [-0.2, -0.15) is 0 Å². The lowest BCUT2D eigenvalue weighted by Gasteiger charge is -2.06. The molecule has 0 radical (unpaired) electrons. The first kappa shape index (κ1) is 13.5. The van der Waals surface area contributed by atoms with Crippen molar-refractivity contribution in [2.24, 2.45) is 0 Å². The standard InChI is InChI=1S/C13H10BrFN2O2/c1-19-11-4-2-8(6-10(11)15)13(18)17-9-3-5-12(14)16-7-9/h2-7H,1H3,(H,17,18). The normalized spacial score (nSPS) is 10.1. The molecule has 6 heteroatoms. The second-order valence-corrected chi connectivity index (χ2v) is 4.49. The second kappa shape index (κ2) is 5.79. The number of ether oxygens (including phenoxy) is 1. The number of hydrogen-bond acceptors (Lipinski definition) is 3. The number of benzene rings is 1. The Hall–Kier alpha value is -1.95. The maximum atomic E-state index is 13.5. The number of hydrogen-bond donors (Lipinski definition) is 1. The average molecular weight is 325 g/mol.